The lowest BCUT2D eigenvalue weighted by molar-refractivity contribution is 0.0928. The Hall–Kier alpha value is -3.55. The van der Waals surface area contributed by atoms with Crippen LogP contribution in [0, 0.1) is 13.8 Å². The molecule has 1 N–H and O–H groups in total. The Balaban J connectivity index is 1.61. The van der Waals surface area contributed by atoms with Gasteiger partial charge in [0.15, 0.2) is 0 Å². The number of aromatic nitrogens is 6. The first kappa shape index (κ1) is 17.8. The van der Waals surface area contributed by atoms with Crippen molar-refractivity contribution in [1.82, 2.24) is 34.7 Å². The SMILES string of the molecule is Cc1cc(C)n(C[C@@H](C)NC(=O)c2cc(-c3ccccc3)nc3ncnn23)n1. The summed E-state index contributed by atoms with van der Waals surface area (Å²) >= 11 is 0. The smallest absolute Gasteiger partial charge is 0.270 e. The Bertz CT molecular complexity index is 1130. The van der Waals surface area contributed by atoms with Crippen molar-refractivity contribution >= 4 is 11.7 Å². The maximum atomic E-state index is 13.0. The third kappa shape index (κ3) is 3.48. The molecule has 0 fully saturated rings. The molecule has 0 radical (unpaired) electrons. The van der Waals surface area contributed by atoms with Crippen LogP contribution >= 0.6 is 0 Å². The average Bonchev–Trinajstić information content (AvgIpc) is 3.27. The van der Waals surface area contributed by atoms with Gasteiger partial charge in [-0.15, -0.1) is 0 Å². The molecule has 1 amide bonds. The second kappa shape index (κ2) is 7.22. The van der Waals surface area contributed by atoms with E-state index in [2.05, 4.69) is 25.5 Å². The first-order valence-corrected chi connectivity index (χ1v) is 9.09. The number of hydrogen-bond acceptors (Lipinski definition) is 5. The van der Waals surface area contributed by atoms with Crippen LogP contribution in [-0.4, -0.2) is 41.3 Å². The third-order valence-electron chi connectivity index (χ3n) is 4.48. The minimum atomic E-state index is -0.232. The first-order valence-electron chi connectivity index (χ1n) is 9.09. The molecule has 0 aliphatic heterocycles. The van der Waals surface area contributed by atoms with Gasteiger partial charge in [0.2, 0.25) is 0 Å². The van der Waals surface area contributed by atoms with Crippen molar-refractivity contribution in [2.45, 2.75) is 33.4 Å². The van der Waals surface area contributed by atoms with Gasteiger partial charge >= 0.3 is 0 Å². The molecular formula is C20H21N7O. The zero-order chi connectivity index (χ0) is 19.7. The fourth-order valence-corrected chi connectivity index (χ4v) is 3.19. The molecule has 4 aromatic rings. The monoisotopic (exact) mass is 375 g/mol. The highest BCUT2D eigenvalue weighted by Crippen LogP contribution is 2.18. The van der Waals surface area contributed by atoms with Crippen molar-refractivity contribution in [3.63, 3.8) is 0 Å². The van der Waals surface area contributed by atoms with Crippen LogP contribution in [0.2, 0.25) is 0 Å². The lowest BCUT2D eigenvalue weighted by Crippen LogP contribution is -2.37. The molecule has 0 spiro atoms. The van der Waals surface area contributed by atoms with Gasteiger partial charge in [0.05, 0.1) is 17.9 Å². The molecule has 142 valence electrons. The van der Waals surface area contributed by atoms with Gasteiger partial charge in [-0.1, -0.05) is 30.3 Å². The third-order valence-corrected chi connectivity index (χ3v) is 4.48. The van der Waals surface area contributed by atoms with E-state index in [1.165, 1.54) is 10.8 Å². The van der Waals surface area contributed by atoms with E-state index >= 15 is 0 Å². The summed E-state index contributed by atoms with van der Waals surface area (Å²) in [7, 11) is 0. The van der Waals surface area contributed by atoms with Crippen LogP contribution < -0.4 is 5.32 Å². The Morgan fingerprint density at radius 2 is 1.96 bits per heavy atom. The van der Waals surface area contributed by atoms with E-state index in [1.807, 2.05) is 61.9 Å². The van der Waals surface area contributed by atoms with E-state index in [-0.39, 0.29) is 11.9 Å². The molecular weight excluding hydrogens is 354 g/mol. The van der Waals surface area contributed by atoms with E-state index < -0.39 is 0 Å². The number of hydrogen-bond donors (Lipinski definition) is 1. The Morgan fingerprint density at radius 1 is 1.18 bits per heavy atom. The van der Waals surface area contributed by atoms with Crippen molar-refractivity contribution in [1.29, 1.82) is 0 Å². The normalized spacial score (nSPS) is 12.2. The van der Waals surface area contributed by atoms with E-state index in [4.69, 9.17) is 0 Å². The molecule has 28 heavy (non-hydrogen) atoms. The molecule has 3 aromatic heterocycles. The minimum Gasteiger partial charge on any atom is -0.346 e. The minimum absolute atomic E-state index is 0.114. The standard InChI is InChI=1S/C20H21N7O/c1-13-9-15(3)26(25-13)11-14(2)23-19(28)18-10-17(16-7-5-4-6-8-16)24-20-21-12-22-27(18)20/h4-10,12,14H,11H2,1-3H3,(H,23,28)/t14-/m1/s1. The number of fused-ring (bicyclic) bond motifs is 1. The summed E-state index contributed by atoms with van der Waals surface area (Å²) in [5.74, 6) is 0.154. The van der Waals surface area contributed by atoms with Crippen LogP contribution in [0.5, 0.6) is 0 Å². The number of nitrogens with one attached hydrogen (secondary N) is 1. The Morgan fingerprint density at radius 3 is 2.68 bits per heavy atom. The van der Waals surface area contributed by atoms with Crippen molar-refractivity contribution in [2.75, 3.05) is 0 Å². The molecule has 8 heteroatoms. The molecule has 0 unspecified atom stereocenters. The number of rotatable bonds is 5. The summed E-state index contributed by atoms with van der Waals surface area (Å²) in [5.41, 5.74) is 4.01. The number of aryl methyl sites for hydroxylation is 2. The van der Waals surface area contributed by atoms with Crippen LogP contribution in [0.1, 0.15) is 28.8 Å². The highest BCUT2D eigenvalue weighted by atomic mass is 16.2. The number of benzene rings is 1. The van der Waals surface area contributed by atoms with E-state index in [0.29, 0.717) is 23.7 Å². The average molecular weight is 375 g/mol. The van der Waals surface area contributed by atoms with Gasteiger partial charge in [0.25, 0.3) is 11.7 Å². The highest BCUT2D eigenvalue weighted by Gasteiger charge is 2.18. The lowest BCUT2D eigenvalue weighted by Gasteiger charge is -2.16. The van der Waals surface area contributed by atoms with Gasteiger partial charge in [-0.2, -0.15) is 19.7 Å². The number of carbonyl (C=O) groups is 1. The van der Waals surface area contributed by atoms with Crippen molar-refractivity contribution in [3.05, 3.63) is 65.9 Å². The predicted molar refractivity (Wildman–Crippen MR) is 105 cm³/mol. The summed E-state index contributed by atoms with van der Waals surface area (Å²) in [6.45, 7) is 6.49. The zero-order valence-corrected chi connectivity index (χ0v) is 16.0. The van der Waals surface area contributed by atoms with Crippen LogP contribution in [0.4, 0.5) is 0 Å². The van der Waals surface area contributed by atoms with Crippen LogP contribution in [0.15, 0.2) is 48.8 Å². The topological polar surface area (TPSA) is 90.0 Å². The summed E-state index contributed by atoms with van der Waals surface area (Å²) < 4.78 is 3.35. The summed E-state index contributed by atoms with van der Waals surface area (Å²) in [6, 6.07) is 13.3. The van der Waals surface area contributed by atoms with Crippen molar-refractivity contribution < 1.29 is 4.79 Å². The Kier molecular flexibility index (Phi) is 4.60. The molecule has 0 aliphatic carbocycles. The van der Waals surface area contributed by atoms with Gasteiger partial charge in [-0.05, 0) is 32.9 Å². The summed E-state index contributed by atoms with van der Waals surface area (Å²) in [4.78, 5) is 21.6. The number of carbonyl (C=O) groups excluding carboxylic acids is 1. The summed E-state index contributed by atoms with van der Waals surface area (Å²) in [5, 5.41) is 11.6. The zero-order valence-electron chi connectivity index (χ0n) is 16.0. The fourth-order valence-electron chi connectivity index (χ4n) is 3.19. The van der Waals surface area contributed by atoms with Crippen LogP contribution in [-0.2, 0) is 6.54 Å². The van der Waals surface area contributed by atoms with Crippen molar-refractivity contribution in [3.8, 4) is 11.3 Å². The van der Waals surface area contributed by atoms with Gasteiger partial charge in [0, 0.05) is 17.3 Å². The highest BCUT2D eigenvalue weighted by molar-refractivity contribution is 5.94. The van der Waals surface area contributed by atoms with E-state index in [9.17, 15) is 4.79 Å². The molecule has 4 rings (SSSR count). The molecule has 0 aliphatic rings. The van der Waals surface area contributed by atoms with Crippen LogP contribution in [0.3, 0.4) is 0 Å². The molecule has 0 bridgehead atoms. The van der Waals surface area contributed by atoms with Gasteiger partial charge in [0.1, 0.15) is 12.0 Å². The fraction of sp³-hybridized carbons (Fsp3) is 0.250. The lowest BCUT2D eigenvalue weighted by atomic mass is 10.1. The van der Waals surface area contributed by atoms with Crippen molar-refractivity contribution in [2.24, 2.45) is 0 Å². The molecule has 1 aromatic carbocycles. The number of amides is 1. The largest absolute Gasteiger partial charge is 0.346 e. The van der Waals surface area contributed by atoms with E-state index in [1.54, 1.807) is 6.07 Å². The second-order valence-electron chi connectivity index (χ2n) is 6.85. The summed E-state index contributed by atoms with van der Waals surface area (Å²) in [6.07, 6.45) is 1.40. The number of nitrogens with zero attached hydrogens (tertiary/aromatic N) is 6. The molecule has 0 saturated heterocycles. The van der Waals surface area contributed by atoms with E-state index in [0.717, 1.165) is 17.0 Å². The molecule has 0 saturated carbocycles. The Labute approximate surface area is 162 Å². The molecule has 3 heterocycles. The first-order chi connectivity index (χ1) is 13.5. The quantitative estimate of drug-likeness (QED) is 0.579. The second-order valence-corrected chi connectivity index (χ2v) is 6.85. The van der Waals surface area contributed by atoms with Gasteiger partial charge in [-0.3, -0.25) is 9.48 Å². The van der Waals surface area contributed by atoms with Crippen LogP contribution in [0.25, 0.3) is 17.0 Å². The maximum Gasteiger partial charge on any atom is 0.270 e. The predicted octanol–water partition coefficient (Wildman–Crippen LogP) is 2.42. The van der Waals surface area contributed by atoms with Gasteiger partial charge in [-0.25, -0.2) is 4.98 Å². The maximum absolute atomic E-state index is 13.0. The van der Waals surface area contributed by atoms with Gasteiger partial charge < -0.3 is 5.32 Å². The molecule has 1 atom stereocenters. The molecule has 8 nitrogen and oxygen atoms in total.